The lowest BCUT2D eigenvalue weighted by Gasteiger charge is -2.32. The molecular formula is C15H19O3P. The summed E-state index contributed by atoms with van der Waals surface area (Å²) in [5.41, 5.74) is 1.62. The summed E-state index contributed by atoms with van der Waals surface area (Å²) in [5.74, 6) is 1.56. The fourth-order valence-electron chi connectivity index (χ4n) is 1.73. The van der Waals surface area contributed by atoms with Gasteiger partial charge in [-0.2, -0.15) is 0 Å². The van der Waals surface area contributed by atoms with Crippen LogP contribution in [0.15, 0.2) is 48.8 Å². The van der Waals surface area contributed by atoms with E-state index >= 15 is 0 Å². The van der Waals surface area contributed by atoms with Crippen molar-refractivity contribution in [3.8, 4) is 0 Å². The van der Waals surface area contributed by atoms with Gasteiger partial charge in [0.2, 0.25) is 0 Å². The molecule has 0 atom stereocenters. The number of rotatable bonds is 3. The molecule has 1 heterocycles. The Hall–Kier alpha value is -1.15. The average molecular weight is 278 g/mol. The van der Waals surface area contributed by atoms with Crippen LogP contribution in [0, 0.1) is 5.41 Å². The summed E-state index contributed by atoms with van der Waals surface area (Å²) in [5, 5.41) is 0. The Kier molecular flexibility index (Phi) is 4.10. The van der Waals surface area contributed by atoms with Crippen molar-refractivity contribution in [1.29, 1.82) is 0 Å². The van der Waals surface area contributed by atoms with Crippen molar-refractivity contribution >= 4 is 13.2 Å². The molecule has 102 valence electrons. The first-order valence-electron chi connectivity index (χ1n) is 6.24. The van der Waals surface area contributed by atoms with Gasteiger partial charge >= 0.3 is 7.60 Å². The van der Waals surface area contributed by atoms with Gasteiger partial charge in [0, 0.05) is 11.2 Å². The molecule has 1 aromatic carbocycles. The molecule has 0 amide bonds. The number of hydrogen-bond acceptors (Lipinski definition) is 3. The van der Waals surface area contributed by atoms with Gasteiger partial charge in [-0.25, -0.2) is 0 Å². The van der Waals surface area contributed by atoms with Crippen molar-refractivity contribution in [3.05, 3.63) is 54.4 Å². The van der Waals surface area contributed by atoms with E-state index in [4.69, 9.17) is 9.05 Å². The molecule has 1 aliphatic heterocycles. The lowest BCUT2D eigenvalue weighted by molar-refractivity contribution is 0.0458. The van der Waals surface area contributed by atoms with Gasteiger partial charge in [-0.1, -0.05) is 56.8 Å². The predicted molar refractivity (Wildman–Crippen MR) is 77.9 cm³/mol. The molecule has 0 N–H and O–H groups in total. The first-order chi connectivity index (χ1) is 8.94. The van der Waals surface area contributed by atoms with Crippen LogP contribution in [0.3, 0.4) is 0 Å². The second-order valence-corrected chi connectivity index (χ2v) is 7.26. The quantitative estimate of drug-likeness (QED) is 0.604. The van der Waals surface area contributed by atoms with Gasteiger partial charge in [0.1, 0.15) is 0 Å². The standard InChI is InChI=1S/C15H19O3P/c1-4-13(14-8-6-5-7-9-14)10-19(16)17-11-15(2,3)12-18-19/h4-10H,1,11-12H2,2-3H3/b13-10+. The molecule has 0 saturated carbocycles. The van der Waals surface area contributed by atoms with Gasteiger partial charge in [0.05, 0.1) is 13.2 Å². The third-order valence-corrected chi connectivity index (χ3v) is 4.47. The van der Waals surface area contributed by atoms with Crippen molar-refractivity contribution in [3.63, 3.8) is 0 Å². The van der Waals surface area contributed by atoms with Crippen LogP contribution < -0.4 is 0 Å². The van der Waals surface area contributed by atoms with Crippen molar-refractivity contribution < 1.29 is 13.6 Å². The van der Waals surface area contributed by atoms with Crippen LogP contribution in [0.4, 0.5) is 0 Å². The minimum atomic E-state index is -3.16. The van der Waals surface area contributed by atoms with Crippen LogP contribution in [-0.2, 0) is 13.6 Å². The van der Waals surface area contributed by atoms with Crippen LogP contribution in [0.2, 0.25) is 0 Å². The Morgan fingerprint density at radius 1 is 1.26 bits per heavy atom. The zero-order valence-corrected chi connectivity index (χ0v) is 12.2. The molecule has 4 heteroatoms. The Morgan fingerprint density at radius 3 is 2.37 bits per heavy atom. The molecule has 1 saturated heterocycles. The van der Waals surface area contributed by atoms with Crippen LogP contribution >= 0.6 is 7.60 Å². The lowest BCUT2D eigenvalue weighted by atomic mass is 9.97. The molecule has 0 radical (unpaired) electrons. The largest absolute Gasteiger partial charge is 0.354 e. The third-order valence-electron chi connectivity index (χ3n) is 2.89. The zero-order chi connectivity index (χ0) is 13.9. The Morgan fingerprint density at radius 2 is 1.84 bits per heavy atom. The highest BCUT2D eigenvalue weighted by Crippen LogP contribution is 2.56. The predicted octanol–water partition coefficient (Wildman–Crippen LogP) is 4.48. The molecule has 2 rings (SSSR count). The molecule has 1 aliphatic rings. The highest BCUT2D eigenvalue weighted by molar-refractivity contribution is 7.57. The Bertz CT molecular complexity index is 518. The monoisotopic (exact) mass is 278 g/mol. The van der Waals surface area contributed by atoms with E-state index < -0.39 is 7.60 Å². The summed E-state index contributed by atoms with van der Waals surface area (Å²) in [6.45, 7) is 8.66. The first kappa shape index (κ1) is 14.3. The fourth-order valence-corrected chi connectivity index (χ4v) is 3.61. The number of allylic oxidation sites excluding steroid dienone is 2. The van der Waals surface area contributed by atoms with E-state index in [2.05, 4.69) is 6.58 Å². The fraction of sp³-hybridized carbons (Fsp3) is 0.333. The van der Waals surface area contributed by atoms with Crippen molar-refractivity contribution in [2.24, 2.45) is 5.41 Å². The molecule has 0 aliphatic carbocycles. The SMILES string of the molecule is C=C/C(=C\P1(=O)OCC(C)(C)CO1)c1ccccc1. The minimum Gasteiger partial charge on any atom is -0.305 e. The normalized spacial score (nSPS) is 21.9. The highest BCUT2D eigenvalue weighted by atomic mass is 31.2. The van der Waals surface area contributed by atoms with E-state index in [0.29, 0.717) is 13.2 Å². The second kappa shape index (κ2) is 5.46. The molecule has 1 fully saturated rings. The van der Waals surface area contributed by atoms with Gasteiger partial charge in [-0.15, -0.1) is 0 Å². The summed E-state index contributed by atoms with van der Waals surface area (Å²) in [6, 6.07) is 9.66. The smallest absolute Gasteiger partial charge is 0.305 e. The highest BCUT2D eigenvalue weighted by Gasteiger charge is 2.35. The van der Waals surface area contributed by atoms with E-state index in [-0.39, 0.29) is 5.41 Å². The average Bonchev–Trinajstić information content (AvgIpc) is 2.41. The molecule has 1 aromatic rings. The molecule has 0 spiro atoms. The van der Waals surface area contributed by atoms with Crippen LogP contribution in [0.1, 0.15) is 19.4 Å². The summed E-state index contributed by atoms with van der Waals surface area (Å²) in [6.07, 6.45) is 1.67. The summed E-state index contributed by atoms with van der Waals surface area (Å²) in [7, 11) is -3.16. The maximum atomic E-state index is 12.5. The third kappa shape index (κ3) is 3.66. The topological polar surface area (TPSA) is 35.5 Å². The van der Waals surface area contributed by atoms with Gasteiger partial charge < -0.3 is 9.05 Å². The van der Waals surface area contributed by atoms with Gasteiger partial charge in [0.25, 0.3) is 0 Å². The maximum Gasteiger partial charge on any atom is 0.354 e. The van der Waals surface area contributed by atoms with E-state index in [1.54, 1.807) is 11.9 Å². The van der Waals surface area contributed by atoms with E-state index in [1.165, 1.54) is 0 Å². The summed E-state index contributed by atoms with van der Waals surface area (Å²) < 4.78 is 23.4. The Balaban J connectivity index is 2.24. The lowest BCUT2D eigenvalue weighted by Crippen LogP contribution is -2.28. The van der Waals surface area contributed by atoms with Crippen molar-refractivity contribution in [2.75, 3.05) is 13.2 Å². The molecule has 3 nitrogen and oxygen atoms in total. The maximum absolute atomic E-state index is 12.5. The zero-order valence-electron chi connectivity index (χ0n) is 11.3. The van der Waals surface area contributed by atoms with Gasteiger partial charge in [-0.3, -0.25) is 4.57 Å². The molecule has 0 bridgehead atoms. The molecule has 19 heavy (non-hydrogen) atoms. The van der Waals surface area contributed by atoms with Gasteiger partial charge in [-0.05, 0) is 11.1 Å². The first-order valence-corrected chi connectivity index (χ1v) is 7.85. The number of hydrogen-bond donors (Lipinski definition) is 0. The van der Waals surface area contributed by atoms with E-state index in [1.807, 2.05) is 44.2 Å². The van der Waals surface area contributed by atoms with Crippen LogP contribution in [-0.4, -0.2) is 13.2 Å². The molecular weight excluding hydrogens is 259 g/mol. The van der Waals surface area contributed by atoms with Crippen LogP contribution in [0.25, 0.3) is 5.57 Å². The van der Waals surface area contributed by atoms with Crippen molar-refractivity contribution in [1.82, 2.24) is 0 Å². The van der Waals surface area contributed by atoms with Gasteiger partial charge in [0.15, 0.2) is 0 Å². The minimum absolute atomic E-state index is 0.0944. The van der Waals surface area contributed by atoms with Crippen molar-refractivity contribution in [2.45, 2.75) is 13.8 Å². The number of benzene rings is 1. The summed E-state index contributed by atoms with van der Waals surface area (Å²) in [4.78, 5) is 0. The van der Waals surface area contributed by atoms with E-state index in [0.717, 1.165) is 11.1 Å². The second-order valence-electron chi connectivity index (χ2n) is 5.41. The van der Waals surface area contributed by atoms with Crippen LogP contribution in [0.5, 0.6) is 0 Å². The molecule has 0 unspecified atom stereocenters. The summed E-state index contributed by atoms with van der Waals surface area (Å²) >= 11 is 0. The molecule has 0 aromatic heterocycles. The Labute approximate surface area is 114 Å². The van der Waals surface area contributed by atoms with E-state index in [9.17, 15) is 4.57 Å².